The van der Waals surface area contributed by atoms with Gasteiger partial charge in [0, 0.05) is 19.7 Å². The molecule has 6 nitrogen and oxygen atoms in total. The van der Waals surface area contributed by atoms with Gasteiger partial charge >= 0.3 is 12.0 Å². The van der Waals surface area contributed by atoms with Gasteiger partial charge in [-0.1, -0.05) is 13.8 Å². The maximum Gasteiger partial charge on any atom is 0.327 e. The summed E-state index contributed by atoms with van der Waals surface area (Å²) in [5.74, 6) is -0.945. The molecular weight excluding hydrogens is 272 g/mol. The average molecular weight is 300 g/mol. The lowest BCUT2D eigenvalue weighted by Crippen LogP contribution is -2.59. The van der Waals surface area contributed by atoms with Crippen molar-refractivity contribution in [3.8, 4) is 0 Å². The summed E-state index contributed by atoms with van der Waals surface area (Å²) in [5, 5.41) is 12.3. The molecule has 0 bridgehead atoms. The van der Waals surface area contributed by atoms with Crippen LogP contribution in [0.15, 0.2) is 0 Å². The molecule has 1 saturated heterocycles. The first kappa shape index (κ1) is 17.8. The van der Waals surface area contributed by atoms with E-state index in [-0.39, 0.29) is 6.03 Å². The Morgan fingerprint density at radius 3 is 2.57 bits per heavy atom. The normalized spacial score (nSPS) is 22.0. The molecule has 6 heteroatoms. The van der Waals surface area contributed by atoms with Crippen LogP contribution in [-0.2, 0) is 9.53 Å². The molecule has 0 aromatic heterocycles. The molecule has 1 aliphatic heterocycles. The van der Waals surface area contributed by atoms with Crippen LogP contribution < -0.4 is 5.32 Å². The Kier molecular flexibility index (Phi) is 5.61. The fourth-order valence-electron chi connectivity index (χ4n) is 2.91. The average Bonchev–Trinajstić information content (AvgIpc) is 2.34. The summed E-state index contributed by atoms with van der Waals surface area (Å²) in [6, 6.07) is -1.12. The summed E-state index contributed by atoms with van der Waals surface area (Å²) in [5.41, 5.74) is -0.884. The molecule has 0 aromatic rings. The highest BCUT2D eigenvalue weighted by Crippen LogP contribution is 2.35. The number of urea groups is 1. The van der Waals surface area contributed by atoms with E-state index < -0.39 is 23.0 Å². The summed E-state index contributed by atoms with van der Waals surface area (Å²) in [6.45, 7) is 10.9. The number of rotatable bonds is 5. The number of piperidine rings is 1. The Morgan fingerprint density at radius 2 is 2.05 bits per heavy atom. The highest BCUT2D eigenvalue weighted by Gasteiger charge is 2.44. The molecule has 1 aliphatic rings. The van der Waals surface area contributed by atoms with Crippen molar-refractivity contribution in [3.63, 3.8) is 0 Å². The highest BCUT2D eigenvalue weighted by molar-refractivity contribution is 5.83. The van der Waals surface area contributed by atoms with Crippen LogP contribution >= 0.6 is 0 Å². The topological polar surface area (TPSA) is 78.9 Å². The molecule has 0 radical (unpaired) electrons. The maximum absolute atomic E-state index is 12.3. The van der Waals surface area contributed by atoms with Gasteiger partial charge in [-0.25, -0.2) is 9.59 Å². The molecule has 1 heterocycles. The number of hydrogen-bond donors (Lipinski definition) is 2. The minimum Gasteiger partial charge on any atom is -0.480 e. The molecular formula is C15H28N2O4. The zero-order valence-corrected chi connectivity index (χ0v) is 13.7. The minimum absolute atomic E-state index is 0.331. The smallest absolute Gasteiger partial charge is 0.327 e. The number of nitrogens with zero attached hydrogens (tertiary/aromatic N) is 1. The third kappa shape index (κ3) is 4.59. The Bertz CT molecular complexity index is 393. The molecule has 1 unspecified atom stereocenters. The zero-order chi connectivity index (χ0) is 16.3. The van der Waals surface area contributed by atoms with Gasteiger partial charge in [-0.05, 0) is 39.0 Å². The number of likely N-dealkylation sites (tertiary alicyclic amines) is 1. The molecule has 0 spiro atoms. The monoisotopic (exact) mass is 300 g/mol. The van der Waals surface area contributed by atoms with Crippen molar-refractivity contribution >= 4 is 12.0 Å². The SMILES string of the molecule is CCOC(C)(C)CNC(=O)N1CCCC(C)(C)C1C(=O)O. The first-order valence-electron chi connectivity index (χ1n) is 7.52. The van der Waals surface area contributed by atoms with Gasteiger partial charge < -0.3 is 20.1 Å². The van der Waals surface area contributed by atoms with E-state index in [1.165, 1.54) is 4.90 Å². The first-order valence-corrected chi connectivity index (χ1v) is 7.52. The minimum atomic E-state index is -0.945. The molecule has 1 rings (SSSR count). The molecule has 122 valence electrons. The molecule has 1 fully saturated rings. The maximum atomic E-state index is 12.3. The third-order valence-corrected chi connectivity index (χ3v) is 3.97. The summed E-state index contributed by atoms with van der Waals surface area (Å²) < 4.78 is 5.53. The molecule has 0 aliphatic carbocycles. The van der Waals surface area contributed by atoms with E-state index in [0.29, 0.717) is 19.7 Å². The fraction of sp³-hybridized carbons (Fsp3) is 0.867. The van der Waals surface area contributed by atoms with E-state index in [4.69, 9.17) is 4.74 Å². The predicted molar refractivity (Wildman–Crippen MR) is 80.2 cm³/mol. The molecule has 2 amide bonds. The van der Waals surface area contributed by atoms with Gasteiger partial charge in [0.15, 0.2) is 0 Å². The van der Waals surface area contributed by atoms with Crippen molar-refractivity contribution in [1.82, 2.24) is 10.2 Å². The fourth-order valence-corrected chi connectivity index (χ4v) is 2.91. The van der Waals surface area contributed by atoms with Crippen LogP contribution in [0.25, 0.3) is 0 Å². The van der Waals surface area contributed by atoms with Gasteiger partial charge in [-0.15, -0.1) is 0 Å². The number of nitrogens with one attached hydrogen (secondary N) is 1. The van der Waals surface area contributed by atoms with Crippen LogP contribution in [0, 0.1) is 5.41 Å². The number of carboxylic acid groups (broad SMARTS) is 1. The van der Waals surface area contributed by atoms with Crippen LogP contribution in [0.5, 0.6) is 0 Å². The number of hydrogen-bond acceptors (Lipinski definition) is 3. The lowest BCUT2D eigenvalue weighted by molar-refractivity contribution is -0.148. The zero-order valence-electron chi connectivity index (χ0n) is 13.7. The van der Waals surface area contributed by atoms with E-state index in [1.54, 1.807) is 0 Å². The van der Waals surface area contributed by atoms with E-state index >= 15 is 0 Å². The van der Waals surface area contributed by atoms with Gasteiger partial charge in [0.2, 0.25) is 0 Å². The van der Waals surface area contributed by atoms with Crippen molar-refractivity contribution < 1.29 is 19.4 Å². The van der Waals surface area contributed by atoms with Gasteiger partial charge in [0.25, 0.3) is 0 Å². The third-order valence-electron chi connectivity index (χ3n) is 3.97. The van der Waals surface area contributed by atoms with Crippen molar-refractivity contribution in [2.75, 3.05) is 19.7 Å². The van der Waals surface area contributed by atoms with E-state index in [1.807, 2.05) is 34.6 Å². The molecule has 0 saturated carbocycles. The largest absolute Gasteiger partial charge is 0.480 e. The van der Waals surface area contributed by atoms with Crippen LogP contribution in [0.4, 0.5) is 4.79 Å². The van der Waals surface area contributed by atoms with Crippen molar-refractivity contribution in [2.45, 2.75) is 59.1 Å². The number of carbonyl (C=O) groups excluding carboxylic acids is 1. The van der Waals surface area contributed by atoms with E-state index in [0.717, 1.165) is 12.8 Å². The standard InChI is InChI=1S/C15H28N2O4/c1-6-21-15(4,5)10-16-13(20)17-9-7-8-14(2,3)11(17)12(18)19/h11H,6-10H2,1-5H3,(H,16,20)(H,18,19). The van der Waals surface area contributed by atoms with E-state index in [9.17, 15) is 14.7 Å². The number of aliphatic carboxylic acids is 1. The number of amides is 2. The Labute approximate surface area is 126 Å². The summed E-state index contributed by atoms with van der Waals surface area (Å²) in [4.78, 5) is 25.3. The van der Waals surface area contributed by atoms with Gasteiger partial charge in [0.1, 0.15) is 6.04 Å². The molecule has 2 N–H and O–H groups in total. The second kappa shape index (κ2) is 6.64. The summed E-state index contributed by atoms with van der Waals surface area (Å²) >= 11 is 0. The van der Waals surface area contributed by atoms with Crippen LogP contribution in [0.3, 0.4) is 0 Å². The Balaban J connectivity index is 2.73. The number of carboxylic acids is 1. The van der Waals surface area contributed by atoms with Crippen molar-refractivity contribution in [2.24, 2.45) is 5.41 Å². The van der Waals surface area contributed by atoms with Crippen molar-refractivity contribution in [1.29, 1.82) is 0 Å². The van der Waals surface area contributed by atoms with Crippen LogP contribution in [0.1, 0.15) is 47.5 Å². The van der Waals surface area contributed by atoms with E-state index in [2.05, 4.69) is 5.32 Å². The second-order valence-electron chi connectivity index (χ2n) is 6.88. The molecule has 0 aromatic carbocycles. The highest BCUT2D eigenvalue weighted by atomic mass is 16.5. The quantitative estimate of drug-likeness (QED) is 0.815. The van der Waals surface area contributed by atoms with Crippen LogP contribution in [0.2, 0.25) is 0 Å². The lowest BCUT2D eigenvalue weighted by Gasteiger charge is -2.44. The Morgan fingerprint density at radius 1 is 1.43 bits per heavy atom. The lowest BCUT2D eigenvalue weighted by atomic mass is 9.76. The van der Waals surface area contributed by atoms with Crippen molar-refractivity contribution in [3.05, 3.63) is 0 Å². The van der Waals surface area contributed by atoms with Gasteiger partial charge in [0.05, 0.1) is 5.60 Å². The molecule has 1 atom stereocenters. The summed E-state index contributed by atoms with van der Waals surface area (Å²) in [7, 11) is 0. The van der Waals surface area contributed by atoms with Crippen LogP contribution in [-0.4, -0.2) is 53.3 Å². The number of ether oxygens (including phenoxy) is 1. The van der Waals surface area contributed by atoms with Gasteiger partial charge in [-0.3, -0.25) is 0 Å². The van der Waals surface area contributed by atoms with Gasteiger partial charge in [-0.2, -0.15) is 0 Å². The summed E-state index contributed by atoms with van der Waals surface area (Å²) in [6.07, 6.45) is 1.62. The Hall–Kier alpha value is -1.30. The second-order valence-corrected chi connectivity index (χ2v) is 6.88. The molecule has 21 heavy (non-hydrogen) atoms. The predicted octanol–water partition coefficient (Wildman–Crippen LogP) is 2.09. The first-order chi connectivity index (χ1) is 9.60. The number of carbonyl (C=O) groups is 2.